The summed E-state index contributed by atoms with van der Waals surface area (Å²) >= 11 is 0. The van der Waals surface area contributed by atoms with Gasteiger partial charge in [0.2, 0.25) is 0 Å². The molecular formula is C10H16O8. The quantitative estimate of drug-likeness (QED) is 0.342. The van der Waals surface area contributed by atoms with Crippen molar-refractivity contribution in [2.24, 2.45) is 0 Å². The van der Waals surface area contributed by atoms with Crippen molar-refractivity contribution in [3.8, 4) is 0 Å². The summed E-state index contributed by atoms with van der Waals surface area (Å²) in [6.45, 7) is 2.32. The topological polar surface area (TPSA) is 137 Å². The molecule has 0 aliphatic carbocycles. The molecule has 1 saturated heterocycles. The van der Waals surface area contributed by atoms with Gasteiger partial charge in [-0.05, 0) is 0 Å². The largest absolute Gasteiger partial charge is 0.477 e. The van der Waals surface area contributed by atoms with Crippen molar-refractivity contribution < 1.29 is 39.8 Å². The molecule has 0 aromatic rings. The fourth-order valence-electron chi connectivity index (χ4n) is 1.68. The first kappa shape index (κ1) is 15.0. The minimum absolute atomic E-state index is 0.260. The SMILES string of the molecule is C=CCOC1(C(=O)O)O[C@H](CO)[C@@H](O)[C@H](O)[C@H]1O. The van der Waals surface area contributed by atoms with Gasteiger partial charge in [-0.1, -0.05) is 6.08 Å². The van der Waals surface area contributed by atoms with Crippen molar-refractivity contribution in [3.05, 3.63) is 12.7 Å². The van der Waals surface area contributed by atoms with Gasteiger partial charge in [-0.25, -0.2) is 4.79 Å². The average Bonchev–Trinajstić information content (AvgIpc) is 2.35. The van der Waals surface area contributed by atoms with Crippen molar-refractivity contribution in [2.45, 2.75) is 30.2 Å². The monoisotopic (exact) mass is 264 g/mol. The Kier molecular flexibility index (Phi) is 4.79. The van der Waals surface area contributed by atoms with Crippen molar-refractivity contribution in [2.75, 3.05) is 13.2 Å². The molecule has 0 spiro atoms. The van der Waals surface area contributed by atoms with Gasteiger partial charge in [-0.2, -0.15) is 0 Å². The first-order valence-corrected chi connectivity index (χ1v) is 5.21. The number of carboxylic acids is 1. The number of aliphatic hydroxyl groups is 4. The molecule has 1 aliphatic heterocycles. The number of hydrogen-bond acceptors (Lipinski definition) is 7. The van der Waals surface area contributed by atoms with Crippen LogP contribution in [0.15, 0.2) is 12.7 Å². The van der Waals surface area contributed by atoms with Crippen LogP contribution in [-0.4, -0.2) is 74.9 Å². The van der Waals surface area contributed by atoms with Crippen LogP contribution in [0.25, 0.3) is 0 Å². The van der Waals surface area contributed by atoms with E-state index in [1.807, 2.05) is 0 Å². The maximum Gasteiger partial charge on any atom is 0.367 e. The standard InChI is InChI=1S/C10H16O8/c1-2-3-17-10(9(15)16)8(14)7(13)6(12)5(4-11)18-10/h2,5-8,11-14H,1,3-4H2,(H,15,16)/t5-,6-,7+,8-,10?/m1/s1. The molecule has 104 valence electrons. The molecule has 0 aromatic heterocycles. The van der Waals surface area contributed by atoms with E-state index in [0.717, 1.165) is 0 Å². The third kappa shape index (κ3) is 2.39. The molecule has 1 aliphatic rings. The van der Waals surface area contributed by atoms with Gasteiger partial charge in [-0.15, -0.1) is 6.58 Å². The van der Waals surface area contributed by atoms with Gasteiger partial charge in [0, 0.05) is 0 Å². The summed E-state index contributed by atoms with van der Waals surface area (Å²) in [6, 6.07) is 0. The number of hydrogen-bond donors (Lipinski definition) is 5. The molecule has 1 rings (SSSR count). The Labute approximate surface area is 103 Å². The van der Waals surface area contributed by atoms with Crippen LogP contribution in [-0.2, 0) is 14.3 Å². The van der Waals surface area contributed by atoms with Gasteiger partial charge < -0.3 is 35.0 Å². The summed E-state index contributed by atoms with van der Waals surface area (Å²) in [5, 5.41) is 46.8. The van der Waals surface area contributed by atoms with Gasteiger partial charge in [0.15, 0.2) is 0 Å². The zero-order valence-electron chi connectivity index (χ0n) is 9.47. The van der Waals surface area contributed by atoms with Crippen LogP contribution < -0.4 is 0 Å². The van der Waals surface area contributed by atoms with E-state index >= 15 is 0 Å². The smallest absolute Gasteiger partial charge is 0.367 e. The highest BCUT2D eigenvalue weighted by molar-refractivity contribution is 5.77. The predicted octanol–water partition coefficient (Wildman–Crippen LogP) is -2.56. The van der Waals surface area contributed by atoms with Gasteiger partial charge in [0.25, 0.3) is 5.79 Å². The Bertz CT molecular complexity index is 317. The third-order valence-electron chi connectivity index (χ3n) is 2.66. The average molecular weight is 264 g/mol. The van der Waals surface area contributed by atoms with Crippen molar-refractivity contribution in [1.82, 2.24) is 0 Å². The van der Waals surface area contributed by atoms with Gasteiger partial charge in [0.1, 0.15) is 24.4 Å². The molecular weight excluding hydrogens is 248 g/mol. The molecule has 0 radical (unpaired) electrons. The lowest BCUT2D eigenvalue weighted by atomic mass is 9.92. The molecule has 0 saturated carbocycles. The summed E-state index contributed by atoms with van der Waals surface area (Å²) in [7, 11) is 0. The maximum atomic E-state index is 11.2. The van der Waals surface area contributed by atoms with E-state index in [9.17, 15) is 20.1 Å². The van der Waals surface area contributed by atoms with E-state index in [-0.39, 0.29) is 6.61 Å². The Morgan fingerprint density at radius 3 is 2.44 bits per heavy atom. The lowest BCUT2D eigenvalue weighted by molar-refractivity contribution is -0.349. The summed E-state index contributed by atoms with van der Waals surface area (Å²) in [5.41, 5.74) is 0. The minimum atomic E-state index is -2.56. The van der Waals surface area contributed by atoms with Crippen LogP contribution in [0.2, 0.25) is 0 Å². The second-order valence-electron chi connectivity index (χ2n) is 3.84. The highest BCUT2D eigenvalue weighted by Crippen LogP contribution is 2.31. The number of aliphatic hydroxyl groups excluding tert-OH is 4. The number of aliphatic carboxylic acids is 1. The van der Waals surface area contributed by atoms with E-state index in [1.165, 1.54) is 6.08 Å². The molecule has 0 amide bonds. The molecule has 0 aromatic carbocycles. The van der Waals surface area contributed by atoms with Crippen LogP contribution >= 0.6 is 0 Å². The van der Waals surface area contributed by atoms with Gasteiger partial charge in [-0.3, -0.25) is 0 Å². The lowest BCUT2D eigenvalue weighted by Crippen LogP contribution is -2.69. The second kappa shape index (κ2) is 5.74. The van der Waals surface area contributed by atoms with Crippen LogP contribution in [0, 0.1) is 0 Å². The summed E-state index contributed by atoms with van der Waals surface area (Å²) in [5.74, 6) is -4.23. The van der Waals surface area contributed by atoms with Crippen LogP contribution in [0.1, 0.15) is 0 Å². The zero-order valence-corrected chi connectivity index (χ0v) is 9.47. The molecule has 18 heavy (non-hydrogen) atoms. The first-order valence-electron chi connectivity index (χ1n) is 5.21. The Balaban J connectivity index is 3.06. The Morgan fingerprint density at radius 2 is 2.00 bits per heavy atom. The van der Waals surface area contributed by atoms with Crippen LogP contribution in [0.4, 0.5) is 0 Å². The Morgan fingerprint density at radius 1 is 1.39 bits per heavy atom. The lowest BCUT2D eigenvalue weighted by Gasteiger charge is -2.45. The molecule has 0 bridgehead atoms. The second-order valence-corrected chi connectivity index (χ2v) is 3.84. The molecule has 5 N–H and O–H groups in total. The van der Waals surface area contributed by atoms with Crippen molar-refractivity contribution in [3.63, 3.8) is 0 Å². The third-order valence-corrected chi connectivity index (χ3v) is 2.66. The van der Waals surface area contributed by atoms with E-state index in [4.69, 9.17) is 19.7 Å². The Hall–Kier alpha value is -1.03. The number of carbonyl (C=O) groups is 1. The minimum Gasteiger partial charge on any atom is -0.477 e. The fourth-order valence-corrected chi connectivity index (χ4v) is 1.68. The first-order chi connectivity index (χ1) is 8.40. The normalized spacial score (nSPS) is 40.4. The summed E-state index contributed by atoms with van der Waals surface area (Å²) in [6.07, 6.45) is -5.61. The fraction of sp³-hybridized carbons (Fsp3) is 0.700. The van der Waals surface area contributed by atoms with Gasteiger partial charge >= 0.3 is 5.97 Å². The number of carboxylic acid groups (broad SMARTS) is 1. The van der Waals surface area contributed by atoms with Crippen LogP contribution in [0.5, 0.6) is 0 Å². The van der Waals surface area contributed by atoms with E-state index in [1.54, 1.807) is 0 Å². The van der Waals surface area contributed by atoms with Gasteiger partial charge in [0.05, 0.1) is 13.2 Å². The number of rotatable bonds is 5. The zero-order chi connectivity index (χ0) is 13.9. The molecule has 1 unspecified atom stereocenters. The predicted molar refractivity (Wildman–Crippen MR) is 56.5 cm³/mol. The van der Waals surface area contributed by atoms with Crippen molar-refractivity contribution >= 4 is 5.97 Å². The maximum absolute atomic E-state index is 11.2. The van der Waals surface area contributed by atoms with E-state index in [2.05, 4.69) is 6.58 Å². The molecule has 8 nitrogen and oxygen atoms in total. The highest BCUT2D eigenvalue weighted by Gasteiger charge is 2.59. The highest BCUT2D eigenvalue weighted by atomic mass is 16.7. The van der Waals surface area contributed by atoms with Crippen LogP contribution in [0.3, 0.4) is 0 Å². The number of ether oxygens (including phenoxy) is 2. The summed E-state index contributed by atoms with van der Waals surface area (Å²) in [4.78, 5) is 11.2. The van der Waals surface area contributed by atoms with E-state index in [0.29, 0.717) is 0 Å². The molecule has 5 atom stereocenters. The summed E-state index contributed by atoms with van der Waals surface area (Å²) < 4.78 is 9.77. The van der Waals surface area contributed by atoms with E-state index < -0.39 is 42.8 Å². The molecule has 8 heteroatoms. The molecule has 1 heterocycles. The molecule has 1 fully saturated rings. The van der Waals surface area contributed by atoms with Crippen molar-refractivity contribution in [1.29, 1.82) is 0 Å².